The lowest BCUT2D eigenvalue weighted by molar-refractivity contribution is -0.228. The van der Waals surface area contributed by atoms with Crippen LogP contribution in [0.25, 0.3) is 0 Å². The van der Waals surface area contributed by atoms with Gasteiger partial charge in [0, 0.05) is 22.5 Å². The molecule has 3 atom stereocenters. The van der Waals surface area contributed by atoms with Crippen molar-refractivity contribution in [2.75, 3.05) is 6.54 Å². The van der Waals surface area contributed by atoms with Crippen molar-refractivity contribution in [2.45, 2.75) is 82.3 Å². The topological polar surface area (TPSA) is 29.5 Å². The molecule has 35 heavy (non-hydrogen) atoms. The Labute approximate surface area is 212 Å². The number of nitrogens with zero attached hydrogens (tertiary/aromatic N) is 1. The molecular weight excluding hydrogens is 526 g/mol. The number of halogens is 5. The molecule has 0 spiro atoms. The standard InChI is InChI=1S/C27H30BrF4NO2/c1-24(2,3)35-23(34)33-13-12-26(16-17-6-5-7-20(28)14-17)21-10-9-19(25(4,29)27(30,31)32)15-18(21)8-11-22(26)33/h5-7,9-10,14-15,22H,8,11-13,16H2,1-4H3. The van der Waals surface area contributed by atoms with Crippen molar-refractivity contribution in [3.05, 3.63) is 69.2 Å². The summed E-state index contributed by atoms with van der Waals surface area (Å²) in [6, 6.07) is 12.0. The molecule has 3 unspecified atom stereocenters. The maximum absolute atomic E-state index is 14.8. The molecule has 0 radical (unpaired) electrons. The summed E-state index contributed by atoms with van der Waals surface area (Å²) in [7, 11) is 0. The van der Waals surface area contributed by atoms with Gasteiger partial charge in [0.25, 0.3) is 0 Å². The van der Waals surface area contributed by atoms with Crippen molar-refractivity contribution in [1.29, 1.82) is 0 Å². The van der Waals surface area contributed by atoms with E-state index in [9.17, 15) is 22.4 Å². The molecule has 1 saturated heterocycles. The van der Waals surface area contributed by atoms with E-state index in [1.807, 2.05) is 45.0 Å². The first-order chi connectivity index (χ1) is 16.1. The smallest absolute Gasteiger partial charge is 0.426 e. The molecule has 1 heterocycles. The van der Waals surface area contributed by atoms with Gasteiger partial charge in [0.1, 0.15) is 5.60 Å². The van der Waals surface area contributed by atoms with Crippen LogP contribution in [0.4, 0.5) is 22.4 Å². The number of alkyl halides is 4. The number of ether oxygens (including phenoxy) is 1. The maximum atomic E-state index is 14.8. The number of likely N-dealkylation sites (tertiary alicyclic amines) is 1. The van der Waals surface area contributed by atoms with Gasteiger partial charge < -0.3 is 9.64 Å². The van der Waals surface area contributed by atoms with Gasteiger partial charge in [0.2, 0.25) is 5.67 Å². The van der Waals surface area contributed by atoms with Gasteiger partial charge in [0.15, 0.2) is 0 Å². The van der Waals surface area contributed by atoms with Crippen LogP contribution in [0.15, 0.2) is 46.9 Å². The summed E-state index contributed by atoms with van der Waals surface area (Å²) in [5.74, 6) is 0. The molecule has 3 nitrogen and oxygen atoms in total. The summed E-state index contributed by atoms with van der Waals surface area (Å²) in [5, 5.41) is 0. The van der Waals surface area contributed by atoms with Crippen molar-refractivity contribution >= 4 is 22.0 Å². The third kappa shape index (κ3) is 4.83. The van der Waals surface area contributed by atoms with E-state index >= 15 is 0 Å². The Bertz CT molecular complexity index is 1120. The largest absolute Gasteiger partial charge is 0.444 e. The summed E-state index contributed by atoms with van der Waals surface area (Å²) in [6.07, 6.45) is -3.11. The Kier molecular flexibility index (Phi) is 6.52. The number of carbonyl (C=O) groups is 1. The number of rotatable bonds is 3. The number of fused-ring (bicyclic) bond motifs is 3. The van der Waals surface area contributed by atoms with Gasteiger partial charge in [-0.3, -0.25) is 0 Å². The summed E-state index contributed by atoms with van der Waals surface area (Å²) < 4.78 is 61.6. The number of aryl methyl sites for hydroxylation is 1. The van der Waals surface area contributed by atoms with E-state index in [1.165, 1.54) is 12.1 Å². The monoisotopic (exact) mass is 555 g/mol. The van der Waals surface area contributed by atoms with Gasteiger partial charge in [-0.15, -0.1) is 0 Å². The SMILES string of the molecule is CC(C)(C)OC(=O)N1CCC2(Cc3cccc(Br)c3)c3ccc(C(C)(F)C(F)(F)F)cc3CCC12. The predicted octanol–water partition coefficient (Wildman–Crippen LogP) is 7.63. The zero-order valence-corrected chi connectivity index (χ0v) is 21.9. The first kappa shape index (κ1) is 26.0. The van der Waals surface area contributed by atoms with Crippen molar-refractivity contribution in [3.8, 4) is 0 Å². The molecule has 4 rings (SSSR count). The van der Waals surface area contributed by atoms with E-state index in [4.69, 9.17) is 4.74 Å². The van der Waals surface area contributed by atoms with Crippen LogP contribution in [0.2, 0.25) is 0 Å². The van der Waals surface area contributed by atoms with E-state index < -0.39 is 22.9 Å². The minimum atomic E-state index is -5.01. The first-order valence-corrected chi connectivity index (χ1v) is 12.6. The average Bonchev–Trinajstić information content (AvgIpc) is 3.11. The Hall–Kier alpha value is -2.09. The second kappa shape index (κ2) is 8.79. The Morgan fingerprint density at radius 3 is 2.46 bits per heavy atom. The quantitative estimate of drug-likeness (QED) is 0.364. The molecule has 1 aliphatic carbocycles. The highest BCUT2D eigenvalue weighted by Crippen LogP contribution is 2.51. The highest BCUT2D eigenvalue weighted by atomic mass is 79.9. The van der Waals surface area contributed by atoms with Crippen molar-refractivity contribution < 1.29 is 27.1 Å². The zero-order chi connectivity index (χ0) is 25.8. The molecule has 2 aliphatic rings. The molecule has 190 valence electrons. The molecular formula is C27H30BrF4NO2. The van der Waals surface area contributed by atoms with Gasteiger partial charge in [-0.25, -0.2) is 9.18 Å². The lowest BCUT2D eigenvalue weighted by atomic mass is 9.63. The molecule has 8 heteroatoms. The minimum absolute atomic E-state index is 0.172. The molecule has 0 saturated carbocycles. The molecule has 1 amide bonds. The molecule has 1 fully saturated rings. The fraction of sp³-hybridized carbons (Fsp3) is 0.519. The number of hydrogen-bond acceptors (Lipinski definition) is 2. The van der Waals surface area contributed by atoms with Crippen LogP contribution in [0.3, 0.4) is 0 Å². The Morgan fingerprint density at radius 1 is 1.11 bits per heavy atom. The van der Waals surface area contributed by atoms with Crippen LogP contribution < -0.4 is 0 Å². The van der Waals surface area contributed by atoms with E-state index in [-0.39, 0.29) is 17.7 Å². The van der Waals surface area contributed by atoms with Gasteiger partial charge in [-0.2, -0.15) is 13.2 Å². The second-order valence-corrected chi connectivity index (χ2v) is 11.7. The van der Waals surface area contributed by atoms with Crippen LogP contribution in [0.1, 0.15) is 62.8 Å². The average molecular weight is 556 g/mol. The first-order valence-electron chi connectivity index (χ1n) is 11.8. The zero-order valence-electron chi connectivity index (χ0n) is 20.3. The van der Waals surface area contributed by atoms with E-state index in [0.717, 1.165) is 15.6 Å². The fourth-order valence-electron chi connectivity index (χ4n) is 5.57. The van der Waals surface area contributed by atoms with Crippen LogP contribution in [0, 0.1) is 0 Å². The predicted molar refractivity (Wildman–Crippen MR) is 130 cm³/mol. The number of hydrogen-bond donors (Lipinski definition) is 0. The number of benzene rings is 2. The summed E-state index contributed by atoms with van der Waals surface area (Å²) in [6.45, 7) is 6.52. The molecule has 0 aromatic heterocycles. The molecule has 0 N–H and O–H groups in total. The highest BCUT2D eigenvalue weighted by Gasteiger charge is 2.56. The summed E-state index contributed by atoms with van der Waals surface area (Å²) in [5.41, 5.74) is -2.31. The van der Waals surface area contributed by atoms with Crippen molar-refractivity contribution in [3.63, 3.8) is 0 Å². The highest BCUT2D eigenvalue weighted by molar-refractivity contribution is 9.10. The number of amides is 1. The number of carbonyl (C=O) groups excluding carboxylic acids is 1. The van der Waals surface area contributed by atoms with Crippen LogP contribution in [0.5, 0.6) is 0 Å². The van der Waals surface area contributed by atoms with Crippen LogP contribution >= 0.6 is 15.9 Å². The minimum Gasteiger partial charge on any atom is -0.444 e. The fourth-order valence-corrected chi connectivity index (χ4v) is 6.02. The lowest BCUT2D eigenvalue weighted by Gasteiger charge is -2.44. The lowest BCUT2D eigenvalue weighted by Crippen LogP contribution is -2.50. The van der Waals surface area contributed by atoms with E-state index in [2.05, 4.69) is 15.9 Å². The normalized spacial score (nSPS) is 23.9. The third-order valence-corrected chi connectivity index (χ3v) is 7.75. The summed E-state index contributed by atoms with van der Waals surface area (Å²) in [4.78, 5) is 14.9. The molecule has 2 aromatic carbocycles. The van der Waals surface area contributed by atoms with E-state index in [1.54, 1.807) is 11.0 Å². The van der Waals surface area contributed by atoms with Gasteiger partial charge in [0.05, 0.1) is 0 Å². The Morgan fingerprint density at radius 2 is 1.83 bits per heavy atom. The van der Waals surface area contributed by atoms with E-state index in [0.29, 0.717) is 44.7 Å². The maximum Gasteiger partial charge on any atom is 0.426 e. The van der Waals surface area contributed by atoms with Crippen LogP contribution in [-0.2, 0) is 28.7 Å². The molecule has 2 aromatic rings. The molecule has 0 bridgehead atoms. The second-order valence-electron chi connectivity index (χ2n) is 10.8. The van der Waals surface area contributed by atoms with Gasteiger partial charge in [-0.1, -0.05) is 46.3 Å². The summed E-state index contributed by atoms with van der Waals surface area (Å²) >= 11 is 3.51. The van der Waals surface area contributed by atoms with Crippen LogP contribution in [-0.4, -0.2) is 35.4 Å². The van der Waals surface area contributed by atoms with Crippen molar-refractivity contribution in [2.24, 2.45) is 0 Å². The molecule has 1 aliphatic heterocycles. The van der Waals surface area contributed by atoms with Gasteiger partial charge in [-0.05, 0) is 87.8 Å². The Balaban J connectivity index is 1.79. The van der Waals surface area contributed by atoms with Gasteiger partial charge >= 0.3 is 12.3 Å². The van der Waals surface area contributed by atoms with Crippen molar-refractivity contribution in [1.82, 2.24) is 4.90 Å². The third-order valence-electron chi connectivity index (χ3n) is 7.25.